The van der Waals surface area contributed by atoms with Gasteiger partial charge in [-0.25, -0.2) is 18.0 Å². The van der Waals surface area contributed by atoms with Crippen LogP contribution < -0.4 is 11.0 Å². The highest BCUT2D eigenvalue weighted by Gasteiger charge is 2.32. The lowest BCUT2D eigenvalue weighted by atomic mass is 10.1. The van der Waals surface area contributed by atoms with Gasteiger partial charge in [-0.15, -0.1) is 11.3 Å². The second-order valence-electron chi connectivity index (χ2n) is 7.42. The Kier molecular flexibility index (Phi) is 5.95. The second kappa shape index (κ2) is 8.55. The van der Waals surface area contributed by atoms with E-state index in [1.807, 2.05) is 19.1 Å². The van der Waals surface area contributed by atoms with Crippen LogP contribution in [0.1, 0.15) is 34.6 Å². The van der Waals surface area contributed by atoms with Crippen LogP contribution in [0.15, 0.2) is 29.1 Å². The Hall–Kier alpha value is -2.92. The highest BCUT2D eigenvalue weighted by Crippen LogP contribution is 2.38. The van der Waals surface area contributed by atoms with Crippen LogP contribution in [0.3, 0.4) is 0 Å². The number of esters is 1. The van der Waals surface area contributed by atoms with Crippen LogP contribution in [0, 0.1) is 0 Å². The Morgan fingerprint density at radius 1 is 1.16 bits per heavy atom. The molecule has 1 aromatic carbocycles. The van der Waals surface area contributed by atoms with Crippen LogP contribution in [-0.4, -0.2) is 41.8 Å². The number of rotatable bonds is 6. The van der Waals surface area contributed by atoms with Gasteiger partial charge in [0.1, 0.15) is 11.5 Å². The number of nitrogens with one attached hydrogen (secondary N) is 1. The predicted molar refractivity (Wildman–Crippen MR) is 122 cm³/mol. The summed E-state index contributed by atoms with van der Waals surface area (Å²) in [7, 11) is -3.25. The fourth-order valence-corrected chi connectivity index (χ4v) is 7.03. The van der Waals surface area contributed by atoms with Gasteiger partial charge in [0.25, 0.3) is 0 Å². The summed E-state index contributed by atoms with van der Waals surface area (Å²) in [4.78, 5) is 38.8. The van der Waals surface area contributed by atoms with Gasteiger partial charge in [0.05, 0.1) is 34.7 Å². The number of aromatic nitrogens is 2. The fraction of sp³-hybridized carbons (Fsp3) is 0.381. The SMILES string of the molecule is CCOC(=O)c1c(NC(=O)Cn2c(=O)n(CC)c3ccccc32)sc2c1CCS(=O)(=O)C2. The lowest BCUT2D eigenvalue weighted by Crippen LogP contribution is -2.29. The molecule has 0 saturated heterocycles. The van der Waals surface area contributed by atoms with Crippen molar-refractivity contribution in [2.75, 3.05) is 17.7 Å². The van der Waals surface area contributed by atoms with E-state index in [1.54, 1.807) is 23.6 Å². The first-order chi connectivity index (χ1) is 15.3. The molecule has 2 aromatic heterocycles. The number of amides is 1. The Bertz CT molecular complexity index is 1380. The summed E-state index contributed by atoms with van der Waals surface area (Å²) in [5.41, 5.74) is 1.89. The van der Waals surface area contributed by atoms with Crippen molar-refractivity contribution in [1.82, 2.24) is 9.13 Å². The van der Waals surface area contributed by atoms with Crippen molar-refractivity contribution in [1.29, 1.82) is 0 Å². The molecule has 0 bridgehead atoms. The molecule has 1 aliphatic heterocycles. The summed E-state index contributed by atoms with van der Waals surface area (Å²) in [5.74, 6) is -1.31. The summed E-state index contributed by atoms with van der Waals surface area (Å²) in [6, 6.07) is 7.22. The number of carbonyl (C=O) groups is 2. The molecule has 0 aliphatic carbocycles. The highest BCUT2D eigenvalue weighted by molar-refractivity contribution is 7.90. The lowest BCUT2D eigenvalue weighted by molar-refractivity contribution is -0.116. The number of hydrogen-bond acceptors (Lipinski definition) is 7. The number of carbonyl (C=O) groups excluding carboxylic acids is 2. The van der Waals surface area contributed by atoms with E-state index in [0.29, 0.717) is 22.5 Å². The molecule has 9 nitrogen and oxygen atoms in total. The van der Waals surface area contributed by atoms with Crippen molar-refractivity contribution in [2.24, 2.45) is 0 Å². The standard InChI is InChI=1S/C21H23N3O6S2/c1-3-23-14-7-5-6-8-15(14)24(21(23)27)11-17(25)22-19-18(20(26)30-4-2)13-9-10-32(28,29)12-16(13)31-19/h5-8H,3-4,9-12H2,1-2H3,(H,22,25). The predicted octanol–water partition coefficient (Wildman–Crippen LogP) is 2.17. The Labute approximate surface area is 188 Å². The van der Waals surface area contributed by atoms with Gasteiger partial charge in [-0.3, -0.25) is 13.9 Å². The van der Waals surface area contributed by atoms with Crippen molar-refractivity contribution in [3.8, 4) is 0 Å². The molecule has 0 saturated carbocycles. The van der Waals surface area contributed by atoms with E-state index in [4.69, 9.17) is 4.74 Å². The maximum Gasteiger partial charge on any atom is 0.341 e. The number of anilines is 1. The van der Waals surface area contributed by atoms with Crippen molar-refractivity contribution in [3.05, 3.63) is 50.8 Å². The molecule has 3 heterocycles. The largest absolute Gasteiger partial charge is 0.462 e. The number of thiophene rings is 1. The van der Waals surface area contributed by atoms with Gasteiger partial charge in [0.2, 0.25) is 5.91 Å². The first-order valence-electron chi connectivity index (χ1n) is 10.3. The molecule has 1 N–H and O–H groups in total. The van der Waals surface area contributed by atoms with Crippen LogP contribution in [0.25, 0.3) is 11.0 Å². The molecule has 0 fully saturated rings. The first-order valence-corrected chi connectivity index (χ1v) is 12.9. The monoisotopic (exact) mass is 477 g/mol. The van der Waals surface area contributed by atoms with E-state index in [-0.39, 0.29) is 47.3 Å². The van der Waals surface area contributed by atoms with Crippen LogP contribution >= 0.6 is 11.3 Å². The number of nitrogens with zero attached hydrogens (tertiary/aromatic N) is 2. The number of hydrogen-bond donors (Lipinski definition) is 1. The molecule has 11 heteroatoms. The third-order valence-electron chi connectivity index (χ3n) is 5.38. The molecule has 0 spiro atoms. The normalized spacial score (nSPS) is 14.8. The molecule has 170 valence electrons. The van der Waals surface area contributed by atoms with E-state index in [9.17, 15) is 22.8 Å². The number of benzene rings is 1. The number of fused-ring (bicyclic) bond motifs is 2. The quantitative estimate of drug-likeness (QED) is 0.544. The number of aryl methyl sites for hydroxylation is 1. The molecule has 1 aliphatic rings. The molecule has 1 amide bonds. The minimum atomic E-state index is -3.25. The van der Waals surface area contributed by atoms with E-state index in [1.165, 1.54) is 4.57 Å². The third kappa shape index (κ3) is 3.97. The zero-order chi connectivity index (χ0) is 23.0. The summed E-state index contributed by atoms with van der Waals surface area (Å²) in [6.07, 6.45) is 0.196. The zero-order valence-electron chi connectivity index (χ0n) is 17.7. The van der Waals surface area contributed by atoms with Crippen molar-refractivity contribution in [2.45, 2.75) is 39.1 Å². The lowest BCUT2D eigenvalue weighted by Gasteiger charge is -2.13. The molecule has 32 heavy (non-hydrogen) atoms. The van der Waals surface area contributed by atoms with Crippen molar-refractivity contribution >= 4 is 49.1 Å². The Balaban J connectivity index is 1.68. The van der Waals surface area contributed by atoms with E-state index < -0.39 is 21.7 Å². The molecular weight excluding hydrogens is 454 g/mol. The number of sulfone groups is 1. The molecule has 0 atom stereocenters. The van der Waals surface area contributed by atoms with Crippen LogP contribution in [0.2, 0.25) is 0 Å². The minimum absolute atomic E-state index is 0.0531. The van der Waals surface area contributed by atoms with Crippen LogP contribution in [0.5, 0.6) is 0 Å². The minimum Gasteiger partial charge on any atom is -0.462 e. The van der Waals surface area contributed by atoms with Gasteiger partial charge in [-0.1, -0.05) is 12.1 Å². The third-order valence-corrected chi connectivity index (χ3v) is 8.27. The van der Waals surface area contributed by atoms with Gasteiger partial charge in [0, 0.05) is 11.4 Å². The van der Waals surface area contributed by atoms with Crippen molar-refractivity contribution in [3.63, 3.8) is 0 Å². The summed E-state index contributed by atoms with van der Waals surface area (Å²) >= 11 is 1.07. The average molecular weight is 478 g/mol. The molecule has 4 rings (SSSR count). The Morgan fingerprint density at radius 2 is 1.84 bits per heavy atom. The summed E-state index contributed by atoms with van der Waals surface area (Å²) in [5, 5.41) is 2.97. The van der Waals surface area contributed by atoms with Gasteiger partial charge in [0.15, 0.2) is 9.84 Å². The highest BCUT2D eigenvalue weighted by atomic mass is 32.2. The molecule has 3 aromatic rings. The maximum absolute atomic E-state index is 12.9. The van der Waals surface area contributed by atoms with Gasteiger partial charge in [-0.2, -0.15) is 0 Å². The van der Waals surface area contributed by atoms with Gasteiger partial charge >= 0.3 is 11.7 Å². The van der Waals surface area contributed by atoms with E-state index in [2.05, 4.69) is 5.32 Å². The molecular formula is C21H23N3O6S2. The molecule has 0 unspecified atom stereocenters. The summed E-state index contributed by atoms with van der Waals surface area (Å²) in [6.45, 7) is 3.91. The molecule has 0 radical (unpaired) electrons. The Morgan fingerprint density at radius 3 is 2.50 bits per heavy atom. The second-order valence-corrected chi connectivity index (χ2v) is 10.7. The van der Waals surface area contributed by atoms with Gasteiger partial charge in [-0.05, 0) is 38.0 Å². The van der Waals surface area contributed by atoms with E-state index >= 15 is 0 Å². The average Bonchev–Trinajstić information content (AvgIpc) is 3.21. The van der Waals surface area contributed by atoms with Crippen LogP contribution in [-0.2, 0) is 44.6 Å². The maximum atomic E-state index is 12.9. The van der Waals surface area contributed by atoms with Gasteiger partial charge < -0.3 is 10.1 Å². The number of para-hydroxylation sites is 2. The fourth-order valence-electron chi connectivity index (χ4n) is 3.97. The summed E-state index contributed by atoms with van der Waals surface area (Å²) < 4.78 is 32.2. The van der Waals surface area contributed by atoms with E-state index in [0.717, 1.165) is 16.9 Å². The van der Waals surface area contributed by atoms with Crippen molar-refractivity contribution < 1.29 is 22.7 Å². The number of imidazole rings is 1. The topological polar surface area (TPSA) is 116 Å². The smallest absolute Gasteiger partial charge is 0.341 e. The van der Waals surface area contributed by atoms with Crippen LogP contribution in [0.4, 0.5) is 5.00 Å². The zero-order valence-corrected chi connectivity index (χ0v) is 19.3. The number of ether oxygens (including phenoxy) is 1. The first kappa shape index (κ1) is 22.3.